The highest BCUT2D eigenvalue weighted by molar-refractivity contribution is 6.00. The number of nitrogens with zero attached hydrogens (tertiary/aromatic N) is 5. The number of carbonyl (C=O) groups is 1. The first kappa shape index (κ1) is 16.6. The molecule has 0 saturated carbocycles. The van der Waals surface area contributed by atoms with Gasteiger partial charge in [-0.25, -0.2) is 4.98 Å². The van der Waals surface area contributed by atoms with Gasteiger partial charge >= 0.3 is 0 Å². The Morgan fingerprint density at radius 3 is 2.96 bits per heavy atom. The van der Waals surface area contributed by atoms with Gasteiger partial charge in [0, 0.05) is 12.1 Å². The molecule has 4 aromatic rings. The van der Waals surface area contributed by atoms with Gasteiger partial charge in [0.15, 0.2) is 0 Å². The number of hydrogen-bond donors (Lipinski definition) is 2. The zero-order valence-corrected chi connectivity index (χ0v) is 15.4. The molecule has 5 rings (SSSR count). The average Bonchev–Trinajstić information content (AvgIpc) is 3.46. The maximum atomic E-state index is 13.4. The molecule has 1 amide bonds. The molecule has 0 bridgehead atoms. The largest absolute Gasteiger partial charge is 0.340 e. The van der Waals surface area contributed by atoms with E-state index in [0.717, 1.165) is 29.7 Å². The molecule has 1 aliphatic rings. The lowest BCUT2D eigenvalue weighted by Gasteiger charge is -2.24. The predicted molar refractivity (Wildman–Crippen MR) is 103 cm³/mol. The fourth-order valence-corrected chi connectivity index (χ4v) is 3.89. The van der Waals surface area contributed by atoms with Crippen molar-refractivity contribution >= 4 is 16.9 Å². The number of rotatable bonds is 3. The minimum atomic E-state index is -0.0708. The Labute approximate surface area is 161 Å². The van der Waals surface area contributed by atoms with E-state index in [9.17, 15) is 4.79 Å². The SMILES string of the molecule is Cc1ccc2nc([C@H]3CCCN3C(=O)c3ccccc3-c3nn[nH]n3)[nH]c2c1. The van der Waals surface area contributed by atoms with Gasteiger partial charge in [0.1, 0.15) is 5.82 Å². The number of H-pyrrole nitrogens is 2. The van der Waals surface area contributed by atoms with Crippen LogP contribution in [0.5, 0.6) is 0 Å². The number of imidazole rings is 1. The molecular weight excluding hydrogens is 354 g/mol. The second-order valence-electron chi connectivity index (χ2n) is 7.08. The minimum absolute atomic E-state index is 0.0421. The number of nitrogens with one attached hydrogen (secondary N) is 2. The van der Waals surface area contributed by atoms with Crippen molar-refractivity contribution in [2.45, 2.75) is 25.8 Å². The van der Waals surface area contributed by atoms with Crippen LogP contribution < -0.4 is 0 Å². The van der Waals surface area contributed by atoms with E-state index in [0.29, 0.717) is 23.5 Å². The van der Waals surface area contributed by atoms with Gasteiger partial charge in [-0.2, -0.15) is 5.21 Å². The first-order valence-electron chi connectivity index (χ1n) is 9.31. The smallest absolute Gasteiger partial charge is 0.255 e. The third kappa shape index (κ3) is 2.74. The standard InChI is InChI=1S/C20H19N7O/c1-12-8-9-15-16(11-12)22-19(21-15)17-7-4-10-27(17)20(28)14-6-3-2-5-13(14)18-23-25-26-24-18/h2-3,5-6,8-9,11,17H,4,7,10H2,1H3,(H,21,22)(H,23,24,25,26)/t17-/m1/s1. The average molecular weight is 373 g/mol. The predicted octanol–water partition coefficient (Wildman–Crippen LogP) is 3.03. The van der Waals surface area contributed by atoms with E-state index in [1.165, 1.54) is 5.56 Å². The number of aromatic nitrogens is 6. The van der Waals surface area contributed by atoms with Crippen LogP contribution >= 0.6 is 0 Å². The van der Waals surface area contributed by atoms with Crippen molar-refractivity contribution in [2.24, 2.45) is 0 Å². The van der Waals surface area contributed by atoms with Crippen molar-refractivity contribution in [1.82, 2.24) is 35.5 Å². The summed E-state index contributed by atoms with van der Waals surface area (Å²) >= 11 is 0. The number of carbonyl (C=O) groups excluding carboxylic acids is 1. The number of tetrazole rings is 1. The second-order valence-corrected chi connectivity index (χ2v) is 7.08. The van der Waals surface area contributed by atoms with E-state index < -0.39 is 0 Å². The first-order valence-corrected chi connectivity index (χ1v) is 9.31. The van der Waals surface area contributed by atoms with E-state index in [1.54, 1.807) is 0 Å². The van der Waals surface area contributed by atoms with Gasteiger partial charge in [0.25, 0.3) is 5.91 Å². The molecule has 0 radical (unpaired) electrons. The van der Waals surface area contributed by atoms with Crippen molar-refractivity contribution in [3.63, 3.8) is 0 Å². The second kappa shape index (κ2) is 6.56. The van der Waals surface area contributed by atoms with Gasteiger partial charge in [0.2, 0.25) is 5.82 Å². The van der Waals surface area contributed by atoms with Gasteiger partial charge < -0.3 is 9.88 Å². The molecule has 3 heterocycles. The lowest BCUT2D eigenvalue weighted by Crippen LogP contribution is -2.31. The van der Waals surface area contributed by atoms with Crippen LogP contribution in [0.2, 0.25) is 0 Å². The third-order valence-corrected chi connectivity index (χ3v) is 5.23. The molecule has 8 nitrogen and oxygen atoms in total. The quantitative estimate of drug-likeness (QED) is 0.574. The zero-order chi connectivity index (χ0) is 19.1. The number of likely N-dealkylation sites (tertiary alicyclic amines) is 1. The lowest BCUT2D eigenvalue weighted by atomic mass is 10.1. The van der Waals surface area contributed by atoms with Crippen LogP contribution in [0.15, 0.2) is 42.5 Å². The summed E-state index contributed by atoms with van der Waals surface area (Å²) in [6.07, 6.45) is 1.83. The molecule has 1 saturated heterocycles. The topological polar surface area (TPSA) is 103 Å². The summed E-state index contributed by atoms with van der Waals surface area (Å²) in [5, 5.41) is 14.1. The summed E-state index contributed by atoms with van der Waals surface area (Å²) in [5.74, 6) is 1.21. The highest BCUT2D eigenvalue weighted by Gasteiger charge is 2.34. The molecule has 1 aliphatic heterocycles. The van der Waals surface area contributed by atoms with E-state index in [-0.39, 0.29) is 11.9 Å². The van der Waals surface area contributed by atoms with E-state index in [2.05, 4.69) is 38.6 Å². The molecule has 8 heteroatoms. The van der Waals surface area contributed by atoms with E-state index in [1.807, 2.05) is 41.3 Å². The summed E-state index contributed by atoms with van der Waals surface area (Å²) in [6.45, 7) is 2.75. The van der Waals surface area contributed by atoms with Gasteiger partial charge in [-0.1, -0.05) is 24.3 Å². The fraction of sp³-hybridized carbons (Fsp3) is 0.250. The molecule has 2 N–H and O–H groups in total. The normalized spacial score (nSPS) is 16.8. The van der Waals surface area contributed by atoms with E-state index >= 15 is 0 Å². The van der Waals surface area contributed by atoms with Crippen LogP contribution in [0, 0.1) is 6.92 Å². The zero-order valence-electron chi connectivity index (χ0n) is 15.4. The molecule has 1 fully saturated rings. The number of hydrogen-bond acceptors (Lipinski definition) is 5. The van der Waals surface area contributed by atoms with Gasteiger partial charge in [-0.05, 0) is 48.7 Å². The van der Waals surface area contributed by atoms with Crippen LogP contribution in [-0.2, 0) is 0 Å². The summed E-state index contributed by atoms with van der Waals surface area (Å²) in [5.41, 5.74) is 4.35. The monoisotopic (exact) mass is 373 g/mol. The Hall–Kier alpha value is -3.55. The maximum Gasteiger partial charge on any atom is 0.255 e. The van der Waals surface area contributed by atoms with Crippen LogP contribution in [-0.4, -0.2) is 47.9 Å². The van der Waals surface area contributed by atoms with Crippen molar-refractivity contribution in [1.29, 1.82) is 0 Å². The molecule has 28 heavy (non-hydrogen) atoms. The van der Waals surface area contributed by atoms with Gasteiger partial charge in [-0.15, -0.1) is 10.2 Å². The lowest BCUT2D eigenvalue weighted by molar-refractivity contribution is 0.0731. The number of amides is 1. The minimum Gasteiger partial charge on any atom is -0.340 e. The Morgan fingerprint density at radius 1 is 1.21 bits per heavy atom. The van der Waals surface area contributed by atoms with Crippen LogP contribution in [0.3, 0.4) is 0 Å². The Bertz CT molecular complexity index is 1150. The highest BCUT2D eigenvalue weighted by atomic mass is 16.2. The maximum absolute atomic E-state index is 13.4. The molecule has 2 aromatic carbocycles. The van der Waals surface area contributed by atoms with E-state index in [4.69, 9.17) is 4.98 Å². The molecule has 140 valence electrons. The summed E-state index contributed by atoms with van der Waals surface area (Å²) in [7, 11) is 0. The molecule has 0 spiro atoms. The van der Waals surface area contributed by atoms with Crippen LogP contribution in [0.25, 0.3) is 22.4 Å². The molecular formula is C20H19N7O. The third-order valence-electron chi connectivity index (χ3n) is 5.23. The number of benzene rings is 2. The first-order chi connectivity index (χ1) is 13.7. The van der Waals surface area contributed by atoms with Gasteiger partial charge in [-0.3, -0.25) is 4.79 Å². The summed E-state index contributed by atoms with van der Waals surface area (Å²) in [4.78, 5) is 23.5. The highest BCUT2D eigenvalue weighted by Crippen LogP contribution is 2.34. The van der Waals surface area contributed by atoms with Crippen molar-refractivity contribution in [3.05, 3.63) is 59.4 Å². The van der Waals surface area contributed by atoms with Gasteiger partial charge in [0.05, 0.1) is 22.6 Å². The van der Waals surface area contributed by atoms with Crippen LogP contribution in [0.4, 0.5) is 0 Å². The Kier molecular flexibility index (Phi) is 3.89. The van der Waals surface area contributed by atoms with Crippen molar-refractivity contribution in [3.8, 4) is 11.4 Å². The Balaban J connectivity index is 1.51. The van der Waals surface area contributed by atoms with Crippen molar-refractivity contribution < 1.29 is 4.79 Å². The molecule has 1 atom stereocenters. The van der Waals surface area contributed by atoms with Crippen molar-refractivity contribution in [2.75, 3.05) is 6.54 Å². The Morgan fingerprint density at radius 2 is 2.11 bits per heavy atom. The summed E-state index contributed by atoms with van der Waals surface area (Å²) in [6, 6.07) is 13.4. The number of fused-ring (bicyclic) bond motifs is 1. The molecule has 0 aliphatic carbocycles. The molecule has 2 aromatic heterocycles. The number of aromatic amines is 2. The molecule has 0 unspecified atom stereocenters. The number of aryl methyl sites for hydroxylation is 1. The summed E-state index contributed by atoms with van der Waals surface area (Å²) < 4.78 is 0. The van der Waals surface area contributed by atoms with Crippen LogP contribution in [0.1, 0.15) is 40.6 Å². The fourth-order valence-electron chi connectivity index (χ4n) is 3.89.